The maximum absolute atomic E-state index is 10.3. The molecule has 0 fully saturated rings. The average Bonchev–Trinajstić information content (AvgIpc) is 2.47. The van der Waals surface area contributed by atoms with Crippen molar-refractivity contribution in [2.45, 2.75) is 0 Å². The van der Waals surface area contributed by atoms with E-state index in [9.17, 15) is 4.79 Å². The van der Waals surface area contributed by atoms with Crippen molar-refractivity contribution in [3.8, 4) is 0 Å². The van der Waals surface area contributed by atoms with Gasteiger partial charge in [0.05, 0.1) is 11.0 Å². The van der Waals surface area contributed by atoms with Gasteiger partial charge in [-0.1, -0.05) is 0 Å². The minimum atomic E-state index is 0.794. The third-order valence-electron chi connectivity index (χ3n) is 1.56. The van der Waals surface area contributed by atoms with Gasteiger partial charge in [0.15, 0.2) is 0 Å². The van der Waals surface area contributed by atoms with Crippen LogP contribution in [0.25, 0.3) is 11.0 Å². The summed E-state index contributed by atoms with van der Waals surface area (Å²) in [7, 11) is 0. The van der Waals surface area contributed by atoms with E-state index in [1.165, 1.54) is 4.57 Å². The van der Waals surface area contributed by atoms with Crippen LogP contribution in [0.3, 0.4) is 0 Å². The highest BCUT2D eigenvalue weighted by Gasteiger charge is 1.98. The maximum Gasteiger partial charge on any atom is 0.321 e. The van der Waals surface area contributed by atoms with Gasteiger partial charge in [-0.2, -0.15) is 0 Å². The van der Waals surface area contributed by atoms with E-state index in [1.54, 1.807) is 30.9 Å². The molecule has 3 nitrogen and oxygen atoms in total. The summed E-state index contributed by atoms with van der Waals surface area (Å²) in [6.45, 7) is 0. The Labute approximate surface area is 63.3 Å². The zero-order valence-corrected chi connectivity index (χ0v) is 5.69. The Kier molecular flexibility index (Phi) is 1.22. The zero-order valence-electron chi connectivity index (χ0n) is 5.69. The topological polar surface area (TPSA) is 34.9 Å². The molecule has 2 aromatic rings. The number of nitrogens with zero attached hydrogens (tertiary/aromatic N) is 2. The first-order chi connectivity index (χ1) is 5.42. The largest absolute Gasteiger partial charge is 0.321 e. The average molecular weight is 145 g/mol. The lowest BCUT2D eigenvalue weighted by Crippen LogP contribution is -1.90. The SMILES string of the molecule is O=[C]n1ccc2ncccc21. The fourth-order valence-corrected chi connectivity index (χ4v) is 1.05. The second-order valence-electron chi connectivity index (χ2n) is 2.18. The van der Waals surface area contributed by atoms with Crippen LogP contribution in [0.4, 0.5) is 0 Å². The molecule has 53 valence electrons. The number of fused-ring (bicyclic) bond motifs is 1. The summed E-state index contributed by atoms with van der Waals surface area (Å²) in [6, 6.07) is 5.39. The van der Waals surface area contributed by atoms with Gasteiger partial charge in [0.2, 0.25) is 0 Å². The van der Waals surface area contributed by atoms with E-state index < -0.39 is 0 Å². The molecule has 11 heavy (non-hydrogen) atoms. The van der Waals surface area contributed by atoms with E-state index in [0.717, 1.165) is 11.0 Å². The molecule has 0 unspecified atom stereocenters. The van der Waals surface area contributed by atoms with Gasteiger partial charge in [0.1, 0.15) is 0 Å². The predicted molar refractivity (Wildman–Crippen MR) is 40.8 cm³/mol. The van der Waals surface area contributed by atoms with Crippen LogP contribution in [0.5, 0.6) is 0 Å². The van der Waals surface area contributed by atoms with E-state index in [4.69, 9.17) is 0 Å². The Morgan fingerprint density at radius 2 is 2.36 bits per heavy atom. The monoisotopic (exact) mass is 145 g/mol. The van der Waals surface area contributed by atoms with Gasteiger partial charge in [-0.15, -0.1) is 0 Å². The number of hydrogen-bond donors (Lipinski definition) is 0. The van der Waals surface area contributed by atoms with Crippen LogP contribution in [0.15, 0.2) is 30.6 Å². The first kappa shape index (κ1) is 6.09. The zero-order chi connectivity index (χ0) is 7.68. The van der Waals surface area contributed by atoms with Crippen LogP contribution in [-0.4, -0.2) is 16.0 Å². The molecule has 0 amide bonds. The lowest BCUT2D eigenvalue weighted by molar-refractivity contribution is 0.549. The number of rotatable bonds is 1. The van der Waals surface area contributed by atoms with Gasteiger partial charge in [-0.25, -0.2) is 0 Å². The van der Waals surface area contributed by atoms with Crippen LogP contribution in [0.2, 0.25) is 0 Å². The summed E-state index contributed by atoms with van der Waals surface area (Å²) >= 11 is 0. The van der Waals surface area contributed by atoms with E-state index >= 15 is 0 Å². The molecule has 0 aliphatic carbocycles. The molecular weight excluding hydrogens is 140 g/mol. The van der Waals surface area contributed by atoms with Gasteiger partial charge in [-0.3, -0.25) is 14.3 Å². The van der Waals surface area contributed by atoms with E-state index in [2.05, 4.69) is 4.98 Å². The Balaban J connectivity index is 2.86. The Morgan fingerprint density at radius 1 is 1.45 bits per heavy atom. The molecule has 0 spiro atoms. The quantitative estimate of drug-likeness (QED) is 0.598. The van der Waals surface area contributed by atoms with Crippen molar-refractivity contribution in [3.63, 3.8) is 0 Å². The number of aromatic nitrogens is 2. The fraction of sp³-hybridized carbons (Fsp3) is 0. The molecular formula is C8H5N2O. The summed E-state index contributed by atoms with van der Waals surface area (Å²) in [4.78, 5) is 14.3. The molecule has 0 N–H and O–H groups in total. The predicted octanol–water partition coefficient (Wildman–Crippen LogP) is 0.952. The normalized spacial score (nSPS) is 10.2. The molecule has 2 heterocycles. The van der Waals surface area contributed by atoms with Crippen molar-refractivity contribution in [2.24, 2.45) is 0 Å². The molecule has 0 aliphatic rings. The minimum Gasteiger partial charge on any atom is -0.277 e. The highest BCUT2D eigenvalue weighted by atomic mass is 16.1. The van der Waals surface area contributed by atoms with E-state index in [1.807, 2.05) is 6.07 Å². The molecule has 0 saturated carbocycles. The summed E-state index contributed by atoms with van der Waals surface area (Å²) in [5.74, 6) is 0. The second-order valence-corrected chi connectivity index (χ2v) is 2.18. The van der Waals surface area contributed by atoms with Crippen molar-refractivity contribution in [1.82, 2.24) is 9.55 Å². The molecule has 0 atom stereocenters. The Morgan fingerprint density at radius 3 is 3.18 bits per heavy atom. The van der Waals surface area contributed by atoms with Crippen molar-refractivity contribution in [3.05, 3.63) is 30.6 Å². The van der Waals surface area contributed by atoms with Crippen molar-refractivity contribution in [2.75, 3.05) is 0 Å². The van der Waals surface area contributed by atoms with Crippen LogP contribution >= 0.6 is 0 Å². The van der Waals surface area contributed by atoms with Crippen molar-refractivity contribution >= 4 is 17.4 Å². The third-order valence-corrected chi connectivity index (χ3v) is 1.56. The maximum atomic E-state index is 10.3. The Bertz CT molecular complexity index is 392. The molecule has 0 aliphatic heterocycles. The van der Waals surface area contributed by atoms with Gasteiger partial charge >= 0.3 is 6.41 Å². The van der Waals surface area contributed by atoms with Crippen LogP contribution in [-0.2, 0) is 4.79 Å². The lowest BCUT2D eigenvalue weighted by Gasteiger charge is -1.89. The molecule has 2 rings (SSSR count). The van der Waals surface area contributed by atoms with Crippen LogP contribution in [0.1, 0.15) is 0 Å². The molecule has 2 aromatic heterocycles. The summed E-state index contributed by atoms with van der Waals surface area (Å²) < 4.78 is 1.38. The van der Waals surface area contributed by atoms with E-state index in [-0.39, 0.29) is 0 Å². The number of pyridine rings is 1. The van der Waals surface area contributed by atoms with Crippen LogP contribution < -0.4 is 0 Å². The molecule has 3 heteroatoms. The minimum absolute atomic E-state index is 0.794. The Hall–Kier alpha value is -1.64. The smallest absolute Gasteiger partial charge is 0.277 e. The highest BCUT2D eigenvalue weighted by Crippen LogP contribution is 2.09. The van der Waals surface area contributed by atoms with Gasteiger partial charge in [0.25, 0.3) is 0 Å². The summed E-state index contributed by atoms with van der Waals surface area (Å²) in [5, 5.41) is 0. The molecule has 0 bridgehead atoms. The van der Waals surface area contributed by atoms with Crippen molar-refractivity contribution < 1.29 is 4.79 Å². The standard InChI is InChI=1S/C8H5N2O/c11-6-10-5-3-7-8(10)2-1-4-9-7/h1-5H. The lowest BCUT2D eigenvalue weighted by atomic mass is 10.4. The van der Waals surface area contributed by atoms with Gasteiger partial charge < -0.3 is 0 Å². The number of hydrogen-bond acceptors (Lipinski definition) is 2. The molecule has 0 aromatic carbocycles. The summed E-state index contributed by atoms with van der Waals surface area (Å²) in [5.41, 5.74) is 1.61. The first-order valence-electron chi connectivity index (χ1n) is 3.22. The second kappa shape index (κ2) is 2.20. The van der Waals surface area contributed by atoms with Gasteiger partial charge in [0, 0.05) is 12.4 Å². The summed E-state index contributed by atoms with van der Waals surface area (Å²) in [6.07, 6.45) is 5.11. The first-order valence-corrected chi connectivity index (χ1v) is 3.22. The molecule has 1 radical (unpaired) electrons. The van der Waals surface area contributed by atoms with Gasteiger partial charge in [-0.05, 0) is 18.2 Å². The van der Waals surface area contributed by atoms with E-state index in [0.29, 0.717) is 0 Å². The number of carbonyl (C=O) groups excluding carboxylic acids is 1. The third kappa shape index (κ3) is 0.816. The molecule has 0 saturated heterocycles. The highest BCUT2D eigenvalue weighted by molar-refractivity contribution is 5.81. The van der Waals surface area contributed by atoms with Crippen LogP contribution in [0, 0.1) is 0 Å². The fourth-order valence-electron chi connectivity index (χ4n) is 1.05. The van der Waals surface area contributed by atoms with Crippen molar-refractivity contribution in [1.29, 1.82) is 0 Å².